The minimum Gasteiger partial charge on any atom is -0.383 e. The largest absolute Gasteiger partial charge is 0.383 e. The average molecular weight is 203 g/mol. The van der Waals surface area contributed by atoms with E-state index in [-0.39, 0.29) is 11.9 Å². The molecule has 2 atom stereocenters. The first-order valence-corrected chi connectivity index (χ1v) is 4.97. The van der Waals surface area contributed by atoms with Crippen molar-refractivity contribution in [2.75, 3.05) is 20.8 Å². The van der Waals surface area contributed by atoms with Crippen molar-refractivity contribution >= 4 is 5.91 Å². The van der Waals surface area contributed by atoms with Gasteiger partial charge in [-0.2, -0.15) is 0 Å². The molecule has 14 heavy (non-hydrogen) atoms. The van der Waals surface area contributed by atoms with Gasteiger partial charge in [0.25, 0.3) is 0 Å². The highest BCUT2D eigenvalue weighted by Gasteiger charge is 2.16. The lowest BCUT2D eigenvalue weighted by atomic mass is 10.1. The van der Waals surface area contributed by atoms with Crippen LogP contribution in [0.5, 0.6) is 0 Å². The van der Waals surface area contributed by atoms with Crippen LogP contribution in [0.3, 0.4) is 0 Å². The second-order valence-electron chi connectivity index (χ2n) is 3.33. The van der Waals surface area contributed by atoms with Crippen molar-refractivity contribution in [1.82, 2.24) is 5.32 Å². The van der Waals surface area contributed by atoms with Crippen molar-refractivity contribution in [3.05, 3.63) is 0 Å². The summed E-state index contributed by atoms with van der Waals surface area (Å²) in [6, 6.07) is 0.0927. The third-order valence-corrected chi connectivity index (χ3v) is 2.07. The zero-order valence-electron chi connectivity index (χ0n) is 9.50. The Hall–Kier alpha value is -0.610. The normalized spacial score (nSPS) is 14.9. The van der Waals surface area contributed by atoms with Gasteiger partial charge in [0.15, 0.2) is 0 Å². The van der Waals surface area contributed by atoms with E-state index in [9.17, 15) is 4.79 Å². The fraction of sp³-hybridized carbons (Fsp3) is 0.900. The van der Waals surface area contributed by atoms with Crippen LogP contribution in [0.4, 0.5) is 0 Å². The van der Waals surface area contributed by atoms with Crippen molar-refractivity contribution in [2.24, 2.45) is 0 Å². The maximum Gasteiger partial charge on any atom is 0.249 e. The first-order chi connectivity index (χ1) is 6.65. The molecule has 0 rings (SSSR count). The Kier molecular flexibility index (Phi) is 7.42. The van der Waals surface area contributed by atoms with Gasteiger partial charge in [-0.25, -0.2) is 0 Å². The van der Waals surface area contributed by atoms with Gasteiger partial charge in [-0.15, -0.1) is 0 Å². The number of rotatable bonds is 7. The van der Waals surface area contributed by atoms with Gasteiger partial charge >= 0.3 is 0 Å². The monoisotopic (exact) mass is 203 g/mol. The molecule has 1 N–H and O–H groups in total. The van der Waals surface area contributed by atoms with E-state index in [4.69, 9.17) is 9.47 Å². The maximum atomic E-state index is 11.4. The van der Waals surface area contributed by atoms with Gasteiger partial charge in [0.1, 0.15) is 6.10 Å². The van der Waals surface area contributed by atoms with Crippen molar-refractivity contribution in [3.63, 3.8) is 0 Å². The maximum absolute atomic E-state index is 11.4. The summed E-state index contributed by atoms with van der Waals surface area (Å²) in [6.45, 7) is 4.36. The number of hydrogen-bond acceptors (Lipinski definition) is 3. The number of carbonyl (C=O) groups is 1. The molecule has 0 saturated carbocycles. The molecule has 0 aliphatic rings. The van der Waals surface area contributed by atoms with Gasteiger partial charge in [-0.1, -0.05) is 13.3 Å². The fourth-order valence-corrected chi connectivity index (χ4v) is 1.17. The average Bonchev–Trinajstić information content (AvgIpc) is 2.17. The van der Waals surface area contributed by atoms with Crippen LogP contribution in [0.2, 0.25) is 0 Å². The predicted octanol–water partition coefficient (Wildman–Crippen LogP) is 0.953. The van der Waals surface area contributed by atoms with Crippen LogP contribution in [-0.2, 0) is 14.3 Å². The highest BCUT2D eigenvalue weighted by atomic mass is 16.5. The Morgan fingerprint density at radius 1 is 1.43 bits per heavy atom. The molecule has 0 heterocycles. The molecule has 0 aromatic carbocycles. The quantitative estimate of drug-likeness (QED) is 0.670. The van der Waals surface area contributed by atoms with E-state index in [1.54, 1.807) is 14.0 Å². The third-order valence-electron chi connectivity index (χ3n) is 2.07. The van der Waals surface area contributed by atoms with E-state index in [1.807, 2.05) is 0 Å². The van der Waals surface area contributed by atoms with Crippen molar-refractivity contribution in [2.45, 2.75) is 38.8 Å². The lowest BCUT2D eigenvalue weighted by Gasteiger charge is -2.19. The summed E-state index contributed by atoms with van der Waals surface area (Å²) in [5, 5.41) is 2.88. The molecule has 0 saturated heterocycles. The highest BCUT2D eigenvalue weighted by molar-refractivity contribution is 5.80. The van der Waals surface area contributed by atoms with Crippen molar-refractivity contribution in [1.29, 1.82) is 0 Å². The van der Waals surface area contributed by atoms with Crippen LogP contribution in [0.15, 0.2) is 0 Å². The zero-order valence-corrected chi connectivity index (χ0v) is 9.50. The SMILES string of the molecule is CCCC(COC)NC(=O)C(C)OC. The molecule has 84 valence electrons. The smallest absolute Gasteiger partial charge is 0.249 e. The molecule has 0 fully saturated rings. The number of amides is 1. The Bertz CT molecular complexity index is 155. The minimum atomic E-state index is -0.397. The molecule has 0 bridgehead atoms. The van der Waals surface area contributed by atoms with Crippen molar-refractivity contribution in [3.8, 4) is 0 Å². The lowest BCUT2D eigenvalue weighted by Crippen LogP contribution is -2.43. The molecule has 2 unspecified atom stereocenters. The Labute approximate surface area is 86.0 Å². The predicted molar refractivity (Wildman–Crippen MR) is 55.2 cm³/mol. The third kappa shape index (κ3) is 5.19. The number of methoxy groups -OCH3 is 2. The van der Waals surface area contributed by atoms with E-state index < -0.39 is 6.10 Å². The summed E-state index contributed by atoms with van der Waals surface area (Å²) < 4.78 is 9.93. The molecular weight excluding hydrogens is 182 g/mol. The molecule has 0 radical (unpaired) electrons. The lowest BCUT2D eigenvalue weighted by molar-refractivity contribution is -0.131. The molecule has 1 amide bonds. The summed E-state index contributed by atoms with van der Waals surface area (Å²) in [5.41, 5.74) is 0. The first kappa shape index (κ1) is 13.4. The molecular formula is C10H21NO3. The van der Waals surface area contributed by atoms with Gasteiger partial charge in [0, 0.05) is 14.2 Å². The molecule has 0 spiro atoms. The molecule has 0 aliphatic heterocycles. The Morgan fingerprint density at radius 3 is 2.50 bits per heavy atom. The summed E-state index contributed by atoms with van der Waals surface area (Å²) in [7, 11) is 3.16. The minimum absolute atomic E-state index is 0.0806. The van der Waals surface area contributed by atoms with Crippen LogP contribution in [0.1, 0.15) is 26.7 Å². The summed E-state index contributed by atoms with van der Waals surface area (Å²) >= 11 is 0. The number of carbonyl (C=O) groups excluding carboxylic acids is 1. The molecule has 4 heteroatoms. The van der Waals surface area contributed by atoms with Crippen LogP contribution in [0.25, 0.3) is 0 Å². The van der Waals surface area contributed by atoms with Gasteiger partial charge in [0.2, 0.25) is 5.91 Å². The highest BCUT2D eigenvalue weighted by Crippen LogP contribution is 1.98. The van der Waals surface area contributed by atoms with E-state index in [2.05, 4.69) is 12.2 Å². The van der Waals surface area contributed by atoms with E-state index in [1.165, 1.54) is 7.11 Å². The second kappa shape index (κ2) is 7.76. The fourth-order valence-electron chi connectivity index (χ4n) is 1.17. The molecule has 0 aromatic heterocycles. The van der Waals surface area contributed by atoms with E-state index in [0.717, 1.165) is 12.8 Å². The molecule has 0 aromatic rings. The van der Waals surface area contributed by atoms with Crippen molar-refractivity contribution < 1.29 is 14.3 Å². The van der Waals surface area contributed by atoms with Gasteiger partial charge < -0.3 is 14.8 Å². The van der Waals surface area contributed by atoms with Crippen LogP contribution in [0, 0.1) is 0 Å². The van der Waals surface area contributed by atoms with Crippen LogP contribution < -0.4 is 5.32 Å². The van der Waals surface area contributed by atoms with E-state index >= 15 is 0 Å². The summed E-state index contributed by atoms with van der Waals surface area (Å²) in [4.78, 5) is 11.4. The van der Waals surface area contributed by atoms with Gasteiger partial charge in [-0.05, 0) is 13.3 Å². The number of hydrogen-bond donors (Lipinski definition) is 1. The molecule has 4 nitrogen and oxygen atoms in total. The number of ether oxygens (including phenoxy) is 2. The first-order valence-electron chi connectivity index (χ1n) is 4.97. The Morgan fingerprint density at radius 2 is 2.07 bits per heavy atom. The standard InChI is InChI=1S/C10H21NO3/c1-5-6-9(7-13-3)11-10(12)8(2)14-4/h8-9H,5-7H2,1-4H3,(H,11,12). The Balaban J connectivity index is 3.94. The van der Waals surface area contributed by atoms with E-state index in [0.29, 0.717) is 6.61 Å². The zero-order chi connectivity index (χ0) is 11.0. The summed E-state index contributed by atoms with van der Waals surface area (Å²) in [5.74, 6) is -0.0806. The topological polar surface area (TPSA) is 47.6 Å². The van der Waals surface area contributed by atoms with Crippen LogP contribution in [-0.4, -0.2) is 38.9 Å². The van der Waals surface area contributed by atoms with Gasteiger partial charge in [-0.3, -0.25) is 4.79 Å². The van der Waals surface area contributed by atoms with Crippen LogP contribution >= 0.6 is 0 Å². The second-order valence-corrected chi connectivity index (χ2v) is 3.33. The summed E-state index contributed by atoms with van der Waals surface area (Å²) in [6.07, 6.45) is 1.55. The van der Waals surface area contributed by atoms with Gasteiger partial charge in [0.05, 0.1) is 12.6 Å². The molecule has 0 aliphatic carbocycles. The number of nitrogens with one attached hydrogen (secondary N) is 1.